The van der Waals surface area contributed by atoms with E-state index < -0.39 is 6.10 Å². The maximum Gasteiger partial charge on any atom is 0.157 e. The third-order valence-corrected chi connectivity index (χ3v) is 11.7. The summed E-state index contributed by atoms with van der Waals surface area (Å²) in [7, 11) is 1.80. The van der Waals surface area contributed by atoms with Crippen LogP contribution in [0.5, 0.6) is 0 Å². The van der Waals surface area contributed by atoms with Gasteiger partial charge in [-0.1, -0.05) is 24.3 Å². The molecule has 0 aromatic carbocycles. The lowest BCUT2D eigenvalue weighted by molar-refractivity contribution is -0.203. The third kappa shape index (κ3) is 13.1. The van der Waals surface area contributed by atoms with Crippen molar-refractivity contribution in [2.24, 2.45) is 11.8 Å². The third-order valence-electron chi connectivity index (χ3n) is 10.0. The van der Waals surface area contributed by atoms with Crippen LogP contribution in [0.15, 0.2) is 40.2 Å². The molecule has 0 radical (unpaired) electrons. The Balaban J connectivity index is 1.20. The standard InChI is InChI=1S/C38H59BrO8S/c1-41-29(17-19-30-20-22-35(39)48-30)18-21-32-31(13-5-3-2-4-12-28(40)27-45-36-14-6-9-23-42-36)33(46-37-15-7-10-24-43-37)26-34(32)47-38-16-8-11-25-44-38/h3,5,18,20-22,28-29,31-34,36-38,40H,2,4,6-17,19,23-27H2,1H3/t28?,29-,31+,32+,33-,34+,36?,37?,38?/m0/s1. The minimum Gasteiger partial charge on any atom is -0.391 e. The van der Waals surface area contributed by atoms with Gasteiger partial charge >= 0.3 is 0 Å². The van der Waals surface area contributed by atoms with Gasteiger partial charge in [0, 0.05) is 44.1 Å². The Hall–Kier alpha value is -0.660. The molecule has 8 nitrogen and oxygen atoms in total. The van der Waals surface area contributed by atoms with Crippen LogP contribution in [0, 0.1) is 11.8 Å². The highest BCUT2D eigenvalue weighted by atomic mass is 79.9. The van der Waals surface area contributed by atoms with E-state index in [2.05, 4.69) is 52.4 Å². The normalized spacial score (nSPS) is 31.5. The number of aliphatic hydroxyl groups is 1. The van der Waals surface area contributed by atoms with Crippen LogP contribution in [-0.2, 0) is 39.6 Å². The first-order chi connectivity index (χ1) is 23.6. The lowest BCUT2D eigenvalue weighted by atomic mass is 9.89. The molecule has 1 aromatic rings. The summed E-state index contributed by atoms with van der Waals surface area (Å²) in [4.78, 5) is 1.36. The summed E-state index contributed by atoms with van der Waals surface area (Å²) >= 11 is 5.38. The summed E-state index contributed by atoms with van der Waals surface area (Å²) < 4.78 is 44.1. The number of hydrogen-bond acceptors (Lipinski definition) is 9. The second-order valence-corrected chi connectivity index (χ2v) is 16.3. The molecule has 0 spiro atoms. The number of methoxy groups -OCH3 is 1. The smallest absolute Gasteiger partial charge is 0.157 e. The van der Waals surface area contributed by atoms with Crippen LogP contribution < -0.4 is 0 Å². The van der Waals surface area contributed by atoms with Gasteiger partial charge < -0.3 is 38.3 Å². The van der Waals surface area contributed by atoms with Crippen molar-refractivity contribution in [1.29, 1.82) is 0 Å². The molecule has 0 amide bonds. The fraction of sp³-hybridized carbons (Fsp3) is 0.789. The number of aliphatic hydroxyl groups excluding tert-OH is 1. The van der Waals surface area contributed by atoms with Crippen LogP contribution in [-0.4, -0.2) is 81.9 Å². The van der Waals surface area contributed by atoms with E-state index in [1.807, 2.05) is 0 Å². The molecule has 0 bridgehead atoms. The van der Waals surface area contributed by atoms with Gasteiger partial charge in [-0.3, -0.25) is 0 Å². The lowest BCUT2D eigenvalue weighted by Gasteiger charge is -2.30. The number of unbranched alkanes of at least 4 members (excludes halogenated alkanes) is 1. The van der Waals surface area contributed by atoms with Gasteiger partial charge in [0.15, 0.2) is 18.9 Å². The summed E-state index contributed by atoms with van der Waals surface area (Å²) in [6.07, 6.45) is 24.0. The molecule has 10 heteroatoms. The van der Waals surface area contributed by atoms with Crippen molar-refractivity contribution in [3.8, 4) is 0 Å². The van der Waals surface area contributed by atoms with Gasteiger partial charge in [0.25, 0.3) is 0 Å². The summed E-state index contributed by atoms with van der Waals surface area (Å²) in [5.74, 6) is 0.417. The number of halogens is 1. The number of hydrogen-bond donors (Lipinski definition) is 1. The van der Waals surface area contributed by atoms with Gasteiger partial charge in [0.1, 0.15) is 0 Å². The summed E-state index contributed by atoms with van der Waals surface area (Å²) in [6, 6.07) is 4.30. The molecule has 1 aromatic heterocycles. The van der Waals surface area contributed by atoms with Crippen molar-refractivity contribution >= 4 is 27.3 Å². The molecule has 9 atom stereocenters. The van der Waals surface area contributed by atoms with E-state index in [-0.39, 0.29) is 49.0 Å². The van der Waals surface area contributed by atoms with Crippen LogP contribution >= 0.6 is 27.3 Å². The maximum atomic E-state index is 10.4. The minimum atomic E-state index is -0.462. The number of allylic oxidation sites excluding steroid dienone is 2. The fourth-order valence-electron chi connectivity index (χ4n) is 7.29. The van der Waals surface area contributed by atoms with Crippen molar-refractivity contribution < 1.29 is 38.3 Å². The second-order valence-electron chi connectivity index (χ2n) is 13.7. The van der Waals surface area contributed by atoms with E-state index >= 15 is 0 Å². The number of rotatable bonds is 19. The Morgan fingerprint density at radius 1 is 0.896 bits per heavy atom. The second kappa shape index (κ2) is 21.6. The number of ether oxygens (including phenoxy) is 7. The molecule has 4 fully saturated rings. The predicted octanol–water partition coefficient (Wildman–Crippen LogP) is 8.49. The largest absolute Gasteiger partial charge is 0.391 e. The van der Waals surface area contributed by atoms with Gasteiger partial charge in [0.05, 0.1) is 34.8 Å². The zero-order chi connectivity index (χ0) is 33.4. The highest BCUT2D eigenvalue weighted by Crippen LogP contribution is 2.42. The molecule has 1 N–H and O–H groups in total. The zero-order valence-electron chi connectivity index (χ0n) is 28.9. The fourth-order valence-corrected chi connectivity index (χ4v) is 8.79. The van der Waals surface area contributed by atoms with Gasteiger partial charge in [-0.2, -0.15) is 0 Å². The van der Waals surface area contributed by atoms with Crippen molar-refractivity contribution in [1.82, 2.24) is 0 Å². The van der Waals surface area contributed by atoms with E-state index in [9.17, 15) is 5.11 Å². The van der Waals surface area contributed by atoms with E-state index in [4.69, 9.17) is 33.2 Å². The zero-order valence-corrected chi connectivity index (χ0v) is 31.3. The predicted molar refractivity (Wildman–Crippen MR) is 192 cm³/mol. The molecule has 3 saturated heterocycles. The van der Waals surface area contributed by atoms with E-state index in [0.717, 1.165) is 126 Å². The molecular weight excluding hydrogens is 696 g/mol. The summed E-state index contributed by atoms with van der Waals surface area (Å²) in [5.41, 5.74) is 0. The van der Waals surface area contributed by atoms with Crippen molar-refractivity contribution in [2.75, 3.05) is 33.5 Å². The van der Waals surface area contributed by atoms with Gasteiger partial charge in [-0.05, 0) is 130 Å². The summed E-state index contributed by atoms with van der Waals surface area (Å²) in [6.45, 7) is 2.62. The molecule has 5 rings (SSSR count). The minimum absolute atomic E-state index is 0.00499. The van der Waals surface area contributed by atoms with Gasteiger partial charge in [-0.25, -0.2) is 0 Å². The molecule has 1 aliphatic carbocycles. The molecular formula is C38H59BrO8S. The maximum absolute atomic E-state index is 10.4. The van der Waals surface area contributed by atoms with Gasteiger partial charge in [0.2, 0.25) is 0 Å². The first-order valence-electron chi connectivity index (χ1n) is 18.6. The Kier molecular flexibility index (Phi) is 17.4. The van der Waals surface area contributed by atoms with Gasteiger partial charge in [-0.15, -0.1) is 11.3 Å². The van der Waals surface area contributed by atoms with Crippen LogP contribution in [0.2, 0.25) is 0 Å². The van der Waals surface area contributed by atoms with Crippen LogP contribution in [0.1, 0.15) is 101 Å². The van der Waals surface area contributed by atoms with Crippen LogP contribution in [0.4, 0.5) is 0 Å². The molecule has 3 aliphatic heterocycles. The first-order valence-corrected chi connectivity index (χ1v) is 20.2. The molecule has 1 saturated carbocycles. The van der Waals surface area contributed by atoms with Crippen molar-refractivity contribution in [3.05, 3.63) is 45.1 Å². The van der Waals surface area contributed by atoms with E-state index in [1.54, 1.807) is 18.4 Å². The number of thiophene rings is 1. The first kappa shape index (κ1) is 38.6. The molecule has 4 unspecified atom stereocenters. The van der Waals surface area contributed by atoms with Crippen molar-refractivity contribution in [3.63, 3.8) is 0 Å². The lowest BCUT2D eigenvalue weighted by Crippen LogP contribution is -2.31. The highest BCUT2D eigenvalue weighted by molar-refractivity contribution is 9.11. The number of aryl methyl sites for hydroxylation is 1. The SMILES string of the molecule is CO[C@H](C=C[C@@H]1[C@@H](CC=CCCCC(O)COC2CCCCO2)[C@@H](OC2CCCCO2)C[C@H]1OC1CCCCO1)CCc1ccc(Br)s1. The van der Waals surface area contributed by atoms with Crippen LogP contribution in [0.25, 0.3) is 0 Å². The highest BCUT2D eigenvalue weighted by Gasteiger charge is 2.45. The Labute approximate surface area is 301 Å². The molecule has 4 aliphatic rings. The summed E-state index contributed by atoms with van der Waals surface area (Å²) in [5, 5.41) is 10.4. The molecule has 4 heterocycles. The van der Waals surface area contributed by atoms with E-state index in [0.29, 0.717) is 6.61 Å². The van der Waals surface area contributed by atoms with Crippen LogP contribution in [0.3, 0.4) is 0 Å². The average molecular weight is 756 g/mol. The average Bonchev–Trinajstić information content (AvgIpc) is 3.68. The Morgan fingerprint density at radius 2 is 1.58 bits per heavy atom. The van der Waals surface area contributed by atoms with Crippen molar-refractivity contribution in [2.45, 2.75) is 146 Å². The topological polar surface area (TPSA) is 84.8 Å². The monoisotopic (exact) mass is 754 g/mol. The Morgan fingerprint density at radius 3 is 2.21 bits per heavy atom. The molecule has 272 valence electrons. The Bertz CT molecular complexity index is 1060. The molecule has 48 heavy (non-hydrogen) atoms. The van der Waals surface area contributed by atoms with E-state index in [1.165, 1.54) is 4.88 Å². The quantitative estimate of drug-likeness (QED) is 0.111.